The van der Waals surface area contributed by atoms with Gasteiger partial charge >= 0.3 is 0 Å². The van der Waals surface area contributed by atoms with Crippen molar-refractivity contribution in [2.75, 3.05) is 0 Å². The SMILES string of the molecule is C=CCC1=NC(C#N)=C(C#N)N=C(/C=C/C2=Cc3cccc4cccc(c34)C2)C1CC=C. The second-order valence-electron chi connectivity index (χ2n) is 7.72. The summed E-state index contributed by atoms with van der Waals surface area (Å²) in [5.41, 5.74) is 5.19. The van der Waals surface area contributed by atoms with Gasteiger partial charge in [-0.1, -0.05) is 60.7 Å². The van der Waals surface area contributed by atoms with E-state index in [9.17, 15) is 10.5 Å². The third-order valence-corrected chi connectivity index (χ3v) is 5.67. The molecule has 1 aliphatic heterocycles. The first-order valence-corrected chi connectivity index (χ1v) is 10.5. The van der Waals surface area contributed by atoms with Gasteiger partial charge in [0, 0.05) is 18.1 Å². The van der Waals surface area contributed by atoms with Crippen LogP contribution in [-0.4, -0.2) is 11.4 Å². The van der Waals surface area contributed by atoms with Gasteiger partial charge < -0.3 is 0 Å². The average molecular weight is 415 g/mol. The molecule has 0 saturated carbocycles. The zero-order valence-electron chi connectivity index (χ0n) is 17.8. The van der Waals surface area contributed by atoms with Gasteiger partial charge in [-0.05, 0) is 46.4 Å². The number of hydrogen-bond donors (Lipinski definition) is 0. The van der Waals surface area contributed by atoms with Crippen molar-refractivity contribution in [1.29, 1.82) is 10.5 Å². The minimum Gasteiger partial charge on any atom is -0.243 e. The van der Waals surface area contributed by atoms with Crippen molar-refractivity contribution in [1.82, 2.24) is 0 Å². The van der Waals surface area contributed by atoms with E-state index < -0.39 is 0 Å². The Morgan fingerprint density at radius 3 is 2.44 bits per heavy atom. The van der Waals surface area contributed by atoms with Crippen LogP contribution in [0.5, 0.6) is 0 Å². The van der Waals surface area contributed by atoms with Gasteiger partial charge in [0.15, 0.2) is 11.4 Å². The summed E-state index contributed by atoms with van der Waals surface area (Å²) >= 11 is 0. The molecule has 32 heavy (non-hydrogen) atoms. The third kappa shape index (κ3) is 4.00. The second-order valence-corrected chi connectivity index (χ2v) is 7.72. The molecule has 0 spiro atoms. The first-order chi connectivity index (χ1) is 15.7. The summed E-state index contributed by atoms with van der Waals surface area (Å²) in [5, 5.41) is 21.6. The lowest BCUT2D eigenvalue weighted by atomic mass is 9.87. The van der Waals surface area contributed by atoms with Gasteiger partial charge in [-0.25, -0.2) is 9.98 Å². The van der Waals surface area contributed by atoms with Crippen LogP contribution in [0.4, 0.5) is 0 Å². The molecule has 0 radical (unpaired) electrons. The van der Waals surface area contributed by atoms with Crippen LogP contribution in [-0.2, 0) is 6.42 Å². The summed E-state index contributed by atoms with van der Waals surface area (Å²) in [6, 6.07) is 16.8. The highest BCUT2D eigenvalue weighted by Crippen LogP contribution is 2.32. The smallest absolute Gasteiger partial charge is 0.177 e. The molecule has 0 aromatic heterocycles. The number of hydrogen-bond acceptors (Lipinski definition) is 4. The van der Waals surface area contributed by atoms with Crippen molar-refractivity contribution in [2.24, 2.45) is 15.9 Å². The molecule has 2 aliphatic rings. The van der Waals surface area contributed by atoms with Crippen LogP contribution < -0.4 is 0 Å². The molecule has 4 heteroatoms. The van der Waals surface area contributed by atoms with Gasteiger partial charge in [0.05, 0.1) is 5.71 Å². The summed E-state index contributed by atoms with van der Waals surface area (Å²) in [7, 11) is 0. The molecule has 0 saturated heterocycles. The summed E-state index contributed by atoms with van der Waals surface area (Å²) in [6.45, 7) is 7.69. The lowest BCUT2D eigenvalue weighted by Crippen LogP contribution is -2.21. The first-order valence-electron chi connectivity index (χ1n) is 10.5. The first kappa shape index (κ1) is 21.0. The van der Waals surface area contributed by atoms with Crippen molar-refractivity contribution in [3.63, 3.8) is 0 Å². The van der Waals surface area contributed by atoms with E-state index in [1.807, 2.05) is 24.3 Å². The van der Waals surface area contributed by atoms with Crippen molar-refractivity contribution >= 4 is 28.3 Å². The molecule has 1 atom stereocenters. The molecule has 1 heterocycles. The highest BCUT2D eigenvalue weighted by Gasteiger charge is 2.24. The number of allylic oxidation sites excluding steroid dienone is 7. The van der Waals surface area contributed by atoms with Crippen LogP contribution in [0.3, 0.4) is 0 Å². The number of nitriles is 2. The normalized spacial score (nSPS) is 17.7. The molecule has 0 amide bonds. The predicted octanol–water partition coefficient (Wildman–Crippen LogP) is 6.26. The third-order valence-electron chi connectivity index (χ3n) is 5.67. The topological polar surface area (TPSA) is 72.3 Å². The number of rotatable bonds is 6. The zero-order chi connectivity index (χ0) is 22.5. The van der Waals surface area contributed by atoms with Gasteiger partial charge in [0.1, 0.15) is 12.1 Å². The highest BCUT2D eigenvalue weighted by atomic mass is 14.9. The lowest BCUT2D eigenvalue weighted by molar-refractivity contribution is 0.916. The van der Waals surface area contributed by atoms with Gasteiger partial charge in [-0.2, -0.15) is 10.5 Å². The fraction of sp³-hybridized carbons (Fsp3) is 0.143. The summed E-state index contributed by atoms with van der Waals surface area (Å²) in [6.07, 6.45) is 11.7. The summed E-state index contributed by atoms with van der Waals surface area (Å²) in [4.78, 5) is 9.02. The fourth-order valence-electron chi connectivity index (χ4n) is 4.26. The van der Waals surface area contributed by atoms with Crippen molar-refractivity contribution in [3.8, 4) is 12.1 Å². The molecule has 154 valence electrons. The molecule has 0 bridgehead atoms. The predicted molar refractivity (Wildman–Crippen MR) is 131 cm³/mol. The van der Waals surface area contributed by atoms with E-state index in [-0.39, 0.29) is 17.3 Å². The second kappa shape index (κ2) is 9.25. The number of benzene rings is 2. The van der Waals surface area contributed by atoms with Crippen LogP contribution in [0.15, 0.2) is 101 Å². The van der Waals surface area contributed by atoms with Crippen LogP contribution in [0, 0.1) is 28.6 Å². The van der Waals surface area contributed by atoms with Crippen LogP contribution in [0.25, 0.3) is 16.8 Å². The number of aliphatic imine (C=N–C) groups is 2. The van der Waals surface area contributed by atoms with Gasteiger partial charge in [-0.3, -0.25) is 0 Å². The maximum atomic E-state index is 9.57. The molecule has 1 unspecified atom stereocenters. The van der Waals surface area contributed by atoms with Crippen LogP contribution >= 0.6 is 0 Å². The average Bonchev–Trinajstić information content (AvgIpc) is 2.95. The monoisotopic (exact) mass is 414 g/mol. The summed E-state index contributed by atoms with van der Waals surface area (Å²) in [5.74, 6) is -0.171. The van der Waals surface area contributed by atoms with E-state index in [0.29, 0.717) is 18.6 Å². The molecule has 1 aliphatic carbocycles. The Balaban J connectivity index is 1.77. The Morgan fingerprint density at radius 1 is 0.969 bits per heavy atom. The molecular weight excluding hydrogens is 392 g/mol. The van der Waals surface area contributed by atoms with E-state index in [1.54, 1.807) is 6.08 Å². The Hall–Kier alpha value is -4.28. The van der Waals surface area contributed by atoms with Crippen molar-refractivity contribution in [3.05, 3.63) is 102 Å². The Bertz CT molecular complexity index is 1340. The minimum atomic E-state index is -0.171. The maximum absolute atomic E-state index is 9.57. The molecule has 2 aromatic rings. The molecule has 2 aromatic carbocycles. The molecule has 4 rings (SSSR count). The van der Waals surface area contributed by atoms with Gasteiger partial charge in [0.2, 0.25) is 0 Å². The van der Waals surface area contributed by atoms with Crippen LogP contribution in [0.1, 0.15) is 24.0 Å². The van der Waals surface area contributed by atoms with Crippen molar-refractivity contribution in [2.45, 2.75) is 19.3 Å². The molecule has 4 nitrogen and oxygen atoms in total. The highest BCUT2D eigenvalue weighted by molar-refractivity contribution is 6.14. The van der Waals surface area contributed by atoms with E-state index in [1.165, 1.54) is 21.9 Å². The lowest BCUT2D eigenvalue weighted by Gasteiger charge is -2.18. The van der Waals surface area contributed by atoms with E-state index in [4.69, 9.17) is 0 Å². The summed E-state index contributed by atoms with van der Waals surface area (Å²) < 4.78 is 0. The number of nitrogens with zero attached hydrogens (tertiary/aromatic N) is 4. The minimum absolute atomic E-state index is 0.0352. The molecule has 0 fully saturated rings. The van der Waals surface area contributed by atoms with Crippen LogP contribution in [0.2, 0.25) is 0 Å². The Labute approximate surface area is 188 Å². The Morgan fingerprint density at radius 2 is 1.72 bits per heavy atom. The quantitative estimate of drug-likeness (QED) is 0.523. The van der Waals surface area contributed by atoms with Gasteiger partial charge in [-0.15, -0.1) is 13.2 Å². The fourth-order valence-corrected chi connectivity index (χ4v) is 4.26. The maximum Gasteiger partial charge on any atom is 0.177 e. The van der Waals surface area contributed by atoms with E-state index in [0.717, 1.165) is 17.7 Å². The molecular formula is C28H22N4. The zero-order valence-corrected chi connectivity index (χ0v) is 17.8. The Kier molecular flexibility index (Phi) is 6.06. The standard InChI is InChI=1S/C28H22N4/c1-3-7-23-24(8-4-2)31-26(17-29)27(18-30)32-25(23)14-13-19-15-21-11-5-9-20-10-6-12-22(16-19)28(20)21/h3-6,9-15,23H,1-2,7-8,16H2/b14-13+. The van der Waals surface area contributed by atoms with E-state index >= 15 is 0 Å². The van der Waals surface area contributed by atoms with E-state index in [2.05, 4.69) is 71.7 Å². The van der Waals surface area contributed by atoms with Crippen molar-refractivity contribution < 1.29 is 0 Å². The molecule has 0 N–H and O–H groups in total. The van der Waals surface area contributed by atoms with Gasteiger partial charge in [0.25, 0.3) is 0 Å². The largest absolute Gasteiger partial charge is 0.243 e.